The summed E-state index contributed by atoms with van der Waals surface area (Å²) in [5.74, 6) is 0. The fourth-order valence-corrected chi connectivity index (χ4v) is 0. The van der Waals surface area contributed by atoms with Gasteiger partial charge in [-0.2, -0.15) is 0 Å². The van der Waals surface area contributed by atoms with Crippen molar-refractivity contribution in [2.45, 2.75) is 0 Å². The number of halogens is 1. The fraction of sp³-hybridized carbons (Fsp3) is 0. The zero-order chi connectivity index (χ0) is 3.58. The van der Waals surface area contributed by atoms with Crippen molar-refractivity contribution in [2.24, 2.45) is 0 Å². The second-order valence-corrected chi connectivity index (χ2v) is 6.40. The summed E-state index contributed by atoms with van der Waals surface area (Å²) in [4.78, 5) is 0. The minimum Gasteiger partial charge on any atom is -1.00 e. The summed E-state index contributed by atoms with van der Waals surface area (Å²) < 4.78 is 1.82. The average molecular weight is 623 g/mol. The predicted octanol–water partition coefficient (Wildman–Crippen LogP) is -5.84. The third-order valence-electron chi connectivity index (χ3n) is 0. The van der Waals surface area contributed by atoms with Gasteiger partial charge in [-0.15, -0.1) is 0 Å². The van der Waals surface area contributed by atoms with Gasteiger partial charge in [-0.05, 0) is 0 Å². The second-order valence-electron chi connectivity index (χ2n) is 0.289. The predicted molar refractivity (Wildman–Crippen MR) is 50.9 cm³/mol. The van der Waals surface area contributed by atoms with E-state index in [0.717, 1.165) is 0 Å². The monoisotopic (exact) mass is 622 g/mol. The zero-order valence-electron chi connectivity index (χ0n) is 13.0. The van der Waals surface area contributed by atoms with Crippen LogP contribution >= 0.6 is 32.3 Å². The van der Waals surface area contributed by atoms with E-state index in [-0.39, 0.29) is 221 Å². The van der Waals surface area contributed by atoms with Crippen molar-refractivity contribution in [3.05, 3.63) is 0 Å². The summed E-state index contributed by atoms with van der Waals surface area (Å²) in [7, 11) is 2.45. The molecule has 0 spiro atoms. The maximum absolute atomic E-state index is 2.45. The van der Waals surface area contributed by atoms with Crippen LogP contribution in [0.25, 0.3) is 0 Å². The Bertz CT molecular complexity index is 64.3. The van der Waals surface area contributed by atoms with Crippen LogP contribution in [0.2, 0.25) is 0 Å². The smallest absolute Gasteiger partial charge is 1.00 e. The summed E-state index contributed by atoms with van der Waals surface area (Å²) in [6, 6.07) is 0. The maximum Gasteiger partial charge on any atom is 2.00 e. The molecule has 12 heteroatoms. The third-order valence-corrected chi connectivity index (χ3v) is 0. The van der Waals surface area contributed by atoms with Gasteiger partial charge in [0.1, 0.15) is 0 Å². The molecule has 1 unspecified atom stereocenters. The molecule has 0 aliphatic rings. The first kappa shape index (κ1) is 58.9. The molecule has 65 valence electrons. The Hall–Kier alpha value is 8.50. The summed E-state index contributed by atoms with van der Waals surface area (Å²) in [5.41, 5.74) is 0. The standard InChI is InChI=1S/Ca.Cr.Cu.Fe.H3INPSe.K.Mg.Na.Zn.6H/c;;;;1-2(3)4;;;;;;;;;;/h;;;;4H,3H2;;;;;;;;;;/q+2;;;;;+1;+2;+1;;6*-1. The fourth-order valence-electron chi connectivity index (χ4n) is 0. The van der Waals surface area contributed by atoms with Crippen LogP contribution in [0, 0.1) is 0 Å². The molecule has 0 amide bonds. The van der Waals surface area contributed by atoms with Crippen molar-refractivity contribution in [2.75, 3.05) is 0 Å². The van der Waals surface area contributed by atoms with Crippen LogP contribution in [0.5, 0.6) is 0 Å². The van der Waals surface area contributed by atoms with Gasteiger partial charge in [-0.25, -0.2) is 0 Å². The maximum atomic E-state index is 2.45. The molecule has 0 aromatic rings. The number of nitrogens with zero attached hydrogens (tertiary/aromatic N) is 1. The van der Waals surface area contributed by atoms with Crippen molar-refractivity contribution in [3.63, 3.8) is 0 Å². The molecule has 0 aliphatic heterocycles. The van der Waals surface area contributed by atoms with Crippen LogP contribution in [0.15, 0.2) is 0 Å². The molecule has 0 rings (SSSR count). The van der Waals surface area contributed by atoms with E-state index in [1.165, 1.54) is 0 Å². The Labute approximate surface area is 264 Å². The molecule has 1 radical (unpaired) electrons. The van der Waals surface area contributed by atoms with Crippen LogP contribution in [0.1, 0.15) is 8.56 Å². The quantitative estimate of drug-likeness (QED) is 0.113. The molecule has 0 aromatic heterocycles. The summed E-state index contributed by atoms with van der Waals surface area (Å²) in [6.45, 7) is 0. The van der Waals surface area contributed by atoms with Crippen molar-refractivity contribution in [1.29, 1.82) is 0 Å². The zero-order valence-corrected chi connectivity index (χ0v) is 27.3. The second kappa shape index (κ2) is 50.5. The molecule has 0 N–H and O–H groups in total. The number of hydrogen-bond donors (Lipinski definition) is 0. The molecule has 1 atom stereocenters. The van der Waals surface area contributed by atoms with E-state index in [1.54, 1.807) is 0 Å². The van der Waals surface area contributed by atoms with Gasteiger partial charge in [-0.3, -0.25) is 0 Å². The van der Waals surface area contributed by atoms with Gasteiger partial charge in [0.25, 0.3) is 0 Å². The first-order chi connectivity index (χ1) is 1.73. The van der Waals surface area contributed by atoms with E-state index in [2.05, 4.69) is 48.5 Å². The number of hydrogen-bond acceptors (Lipinski definition) is 1. The molecule has 0 saturated heterocycles. The molecule has 0 bridgehead atoms. The van der Waals surface area contributed by atoms with Crippen LogP contribution in [-0.2, 0) is 71.0 Å². The topological polar surface area (TPSA) is 3.24 Å². The van der Waals surface area contributed by atoms with E-state index in [9.17, 15) is 0 Å². The van der Waals surface area contributed by atoms with Crippen molar-refractivity contribution in [3.8, 4) is 0 Å². The molecule has 0 heterocycles. The molecule has 0 aromatic carbocycles. The summed E-state index contributed by atoms with van der Waals surface area (Å²) in [6.07, 6.45) is 0. The van der Waals surface area contributed by atoms with Gasteiger partial charge in [0.05, 0.1) is 0 Å². The van der Waals surface area contributed by atoms with Gasteiger partial charge in [0.2, 0.25) is 0 Å². The molecule has 0 fully saturated rings. The Balaban J connectivity index is -0.000000000495. The Morgan fingerprint density at radius 1 is 1.42 bits per heavy atom. The normalized spacial score (nSPS) is 3.00. The van der Waals surface area contributed by atoms with Crippen LogP contribution in [-0.4, -0.2) is 78.9 Å². The largest absolute Gasteiger partial charge is 2.00 e. The minimum atomic E-state index is 0. The molecular weight excluding hydrogens is 614 g/mol. The molecule has 1 nitrogen and oxygen atoms in total. The van der Waals surface area contributed by atoms with Crippen molar-refractivity contribution >= 4 is 109 Å². The first-order valence-corrected chi connectivity index (χ1v) is 2.95. The van der Waals surface area contributed by atoms with Gasteiger partial charge < -0.3 is 8.56 Å². The molecule has 12 heavy (non-hydrogen) atoms. The van der Waals surface area contributed by atoms with E-state index >= 15 is 0 Å². The molecule has 0 aliphatic carbocycles. The Morgan fingerprint density at radius 3 is 1.42 bits per heavy atom. The SMILES string of the molecule is PN([SeH])I.[Ca+2].[Cr].[Cu].[Fe].[H-].[H-].[H-].[H-].[H-].[H-].[K+].[Mg+2].[Na+].[Zn]. The summed E-state index contributed by atoms with van der Waals surface area (Å²) >= 11 is 4.43. The summed E-state index contributed by atoms with van der Waals surface area (Å²) in [5, 5.41) is 0. The molecule has 0 saturated carbocycles. The average Bonchev–Trinajstić information content (AvgIpc) is 0.811. The minimum absolute atomic E-state index is 0. The van der Waals surface area contributed by atoms with E-state index in [0.29, 0.717) is 0 Å². The van der Waals surface area contributed by atoms with Gasteiger partial charge in [-0.1, -0.05) is 0 Å². The van der Waals surface area contributed by atoms with Crippen LogP contribution in [0.4, 0.5) is 0 Å². The Morgan fingerprint density at radius 2 is 1.42 bits per heavy atom. The first-order valence-electron chi connectivity index (χ1n) is 0.627. The van der Waals surface area contributed by atoms with Gasteiger partial charge in [0.15, 0.2) is 0 Å². The third kappa shape index (κ3) is 78.4. The van der Waals surface area contributed by atoms with Crippen molar-refractivity contribution < 1.29 is 160 Å². The number of rotatable bonds is 0. The van der Waals surface area contributed by atoms with E-state index in [4.69, 9.17) is 0 Å². The van der Waals surface area contributed by atoms with Crippen LogP contribution in [0.3, 0.4) is 0 Å². The van der Waals surface area contributed by atoms with E-state index < -0.39 is 0 Å². The van der Waals surface area contributed by atoms with Crippen LogP contribution < -0.4 is 80.9 Å². The van der Waals surface area contributed by atoms with Crippen molar-refractivity contribution in [1.82, 2.24) is 1.90 Å². The van der Waals surface area contributed by atoms with Gasteiger partial charge >= 0.3 is 192 Å². The Kier molecular flexibility index (Phi) is 248. The van der Waals surface area contributed by atoms with Gasteiger partial charge in [0, 0.05) is 71.0 Å². The van der Waals surface area contributed by atoms with E-state index in [1.807, 2.05) is 1.90 Å². The molecular formula is H9CaCrCuFeIKMgNNaPSeZn.